The molecule has 2 heterocycles. The van der Waals surface area contributed by atoms with Crippen molar-refractivity contribution in [2.24, 2.45) is 20.5 Å². The minimum atomic E-state index is -5.27. The van der Waals surface area contributed by atoms with Gasteiger partial charge in [0.15, 0.2) is 0 Å². The van der Waals surface area contributed by atoms with Gasteiger partial charge in [-0.1, -0.05) is 12.1 Å². The molecule has 0 atom stereocenters. The van der Waals surface area contributed by atoms with E-state index in [1.54, 1.807) is 0 Å². The molecule has 0 fully saturated rings. The molecule has 0 radical (unpaired) electrons. The molecule has 0 spiro atoms. The molecule has 6 rings (SSSR count). The number of ether oxygens (including phenoxy) is 2. The summed E-state index contributed by atoms with van der Waals surface area (Å²) in [6.45, 7) is 5.00. The Morgan fingerprint density at radius 3 is 1.17 bits per heavy atom. The Morgan fingerprint density at radius 1 is 0.542 bits per heavy atom. The smallest absolute Gasteiger partial charge is 0.295 e. The molecule has 24 nitrogen and oxygen atoms in total. The number of pyridine rings is 2. The van der Waals surface area contributed by atoms with Crippen LogP contribution in [0.25, 0.3) is 11.1 Å². The molecule has 72 heavy (non-hydrogen) atoms. The van der Waals surface area contributed by atoms with Crippen molar-refractivity contribution >= 4 is 66.6 Å². The zero-order valence-corrected chi connectivity index (χ0v) is 40.3. The van der Waals surface area contributed by atoms with Crippen LogP contribution >= 0.6 is 0 Å². The summed E-state index contributed by atoms with van der Waals surface area (Å²) in [5, 5.41) is 42.1. The first-order chi connectivity index (χ1) is 33.9. The number of imide groups is 2. The maximum atomic E-state index is 13.4. The number of hydrogen-bond acceptors (Lipinski definition) is 18. The zero-order chi connectivity index (χ0) is 53.0. The number of benzene rings is 4. The van der Waals surface area contributed by atoms with Crippen LogP contribution in [-0.2, 0) is 33.3 Å². The number of methoxy groups -OCH3 is 2. The number of nitrogens with zero attached hydrogens (tertiary/aromatic N) is 6. The number of rotatable bonds is 15. The third-order valence-corrected chi connectivity index (χ3v) is 12.7. The van der Waals surface area contributed by atoms with Crippen molar-refractivity contribution in [1.29, 1.82) is 0 Å². The molecule has 4 amide bonds. The van der Waals surface area contributed by atoms with Gasteiger partial charge >= 0.3 is 0 Å². The first-order valence-electron chi connectivity index (χ1n) is 20.9. The molecular formula is C46H42N8O16S2. The second-order valence-electron chi connectivity index (χ2n) is 15.2. The minimum absolute atomic E-state index is 0.0467. The average molecular weight is 1030 g/mol. The summed E-state index contributed by atoms with van der Waals surface area (Å²) in [5.41, 5.74) is -6.17. The fraction of sp³-hybridized carbons (Fsp3) is 0.174. The summed E-state index contributed by atoms with van der Waals surface area (Å²) in [6.07, 6.45) is 0. The second-order valence-corrected chi connectivity index (χ2v) is 18.0. The number of carbonyl (C=O) groups is 4. The van der Waals surface area contributed by atoms with Crippen LogP contribution in [0, 0.1) is 13.8 Å². The lowest BCUT2D eigenvalue weighted by molar-refractivity contribution is 0.0831. The average Bonchev–Trinajstić information content (AvgIpc) is 3.33. The number of hydrogen-bond donors (Lipinski definition) is 6. The molecule has 6 aromatic rings. The van der Waals surface area contributed by atoms with E-state index in [4.69, 9.17) is 9.47 Å². The maximum Gasteiger partial charge on any atom is 0.295 e. The van der Waals surface area contributed by atoms with E-state index in [9.17, 15) is 64.9 Å². The molecule has 0 saturated carbocycles. The minimum Gasteiger partial charge on any atom is -0.497 e. The van der Waals surface area contributed by atoms with Gasteiger partial charge in [-0.15, -0.1) is 10.2 Å². The number of aromatic nitrogens is 2. The lowest BCUT2D eigenvalue weighted by atomic mass is 10.0. The van der Waals surface area contributed by atoms with E-state index >= 15 is 0 Å². The van der Waals surface area contributed by atoms with E-state index in [-0.39, 0.29) is 46.7 Å². The van der Waals surface area contributed by atoms with Crippen molar-refractivity contribution in [2.45, 2.75) is 50.6 Å². The lowest BCUT2D eigenvalue weighted by Gasteiger charge is -2.15. The number of nitrogens with one attached hydrogen (secondary N) is 2. The van der Waals surface area contributed by atoms with Gasteiger partial charge in [-0.2, -0.15) is 27.1 Å². The van der Waals surface area contributed by atoms with E-state index < -0.39 is 110 Å². The van der Waals surface area contributed by atoms with Crippen LogP contribution in [0.4, 0.5) is 22.7 Å². The quantitative estimate of drug-likeness (QED) is 0.0377. The van der Waals surface area contributed by atoms with Gasteiger partial charge in [0.1, 0.15) is 43.8 Å². The van der Waals surface area contributed by atoms with Gasteiger partial charge < -0.3 is 19.7 Å². The summed E-state index contributed by atoms with van der Waals surface area (Å²) < 4.78 is 83.9. The van der Waals surface area contributed by atoms with Crippen molar-refractivity contribution in [3.63, 3.8) is 0 Å². The Morgan fingerprint density at radius 2 is 0.875 bits per heavy atom. The first-order valence-corrected chi connectivity index (χ1v) is 23.8. The highest BCUT2D eigenvalue weighted by atomic mass is 32.2. The summed E-state index contributed by atoms with van der Waals surface area (Å²) >= 11 is 0. The van der Waals surface area contributed by atoms with Gasteiger partial charge in [-0.05, 0) is 100 Å². The summed E-state index contributed by atoms with van der Waals surface area (Å²) in [6, 6.07) is 17.1. The first kappa shape index (κ1) is 52.6. The SMILES string of the molecule is CCn1c(O)c(N=Nc2ccc(-c3ccc(N=Nc4c(C)c(C(=O)NC(=O)c5ccc(OC)cc5)c(=O)n(CC)c4O)cc3S(=O)(=O)O)c(S(=O)(=O)O)c2)c(C)c(C(=O)NC(=O)c2ccc(OC)cc2)c1=O. The number of azo groups is 2. The van der Waals surface area contributed by atoms with Crippen LogP contribution in [0.1, 0.15) is 66.4 Å². The van der Waals surface area contributed by atoms with E-state index in [2.05, 4.69) is 31.1 Å². The van der Waals surface area contributed by atoms with Crippen LogP contribution < -0.4 is 31.2 Å². The fourth-order valence-electron chi connectivity index (χ4n) is 7.17. The Hall–Kier alpha value is -8.72. The predicted molar refractivity (Wildman–Crippen MR) is 255 cm³/mol. The van der Waals surface area contributed by atoms with Crippen molar-refractivity contribution in [2.75, 3.05) is 14.2 Å². The molecule has 0 unspecified atom stereocenters. The molecule has 0 aliphatic carbocycles. The largest absolute Gasteiger partial charge is 0.497 e. The Labute approximate surface area is 408 Å². The number of aromatic hydroxyl groups is 2. The molecule has 4 aromatic carbocycles. The number of amides is 4. The van der Waals surface area contributed by atoms with E-state index in [0.29, 0.717) is 11.5 Å². The normalized spacial score (nSPS) is 11.7. The van der Waals surface area contributed by atoms with Crippen molar-refractivity contribution in [3.05, 3.63) is 139 Å². The third kappa shape index (κ3) is 10.8. The lowest BCUT2D eigenvalue weighted by Crippen LogP contribution is -2.37. The van der Waals surface area contributed by atoms with Crippen LogP contribution in [0.5, 0.6) is 23.3 Å². The Balaban J connectivity index is 1.36. The monoisotopic (exact) mass is 1030 g/mol. The molecule has 0 aliphatic rings. The predicted octanol–water partition coefficient (Wildman–Crippen LogP) is 6.23. The van der Waals surface area contributed by atoms with Gasteiger partial charge in [0, 0.05) is 46.5 Å². The standard InChI is InChI=1S/C46H42N8O16S2/c1-7-53-43(59)35(41(57)47-39(55)25-9-15-29(69-5)16-10-25)23(3)37(45(53)61)51-49-27-13-19-31(33(21-27)71(63,64)65)32-20-14-28(22-34(32)72(66,67)68)50-52-38-24(4)36(44(60)54(8-2)46(38)62)42(58)48-40(56)26-11-17-30(70-6)18-12-26/h9-22,61-62H,7-8H2,1-6H3,(H,47,55,57)(H,48,56,58)(H,63,64,65)(H,66,67,68). The van der Waals surface area contributed by atoms with Crippen LogP contribution in [0.2, 0.25) is 0 Å². The van der Waals surface area contributed by atoms with Gasteiger partial charge in [-0.25, -0.2) is 0 Å². The number of carbonyl (C=O) groups excluding carboxylic acids is 4. The van der Waals surface area contributed by atoms with Gasteiger partial charge in [0.05, 0.1) is 25.6 Å². The van der Waals surface area contributed by atoms with Crippen LogP contribution in [0.15, 0.2) is 125 Å². The summed E-state index contributed by atoms with van der Waals surface area (Å²) in [7, 11) is -7.71. The van der Waals surface area contributed by atoms with Crippen LogP contribution in [0.3, 0.4) is 0 Å². The molecule has 0 aliphatic heterocycles. The third-order valence-electron chi connectivity index (χ3n) is 10.9. The highest BCUT2D eigenvalue weighted by Crippen LogP contribution is 2.39. The van der Waals surface area contributed by atoms with E-state index in [0.717, 1.165) is 45.5 Å². The van der Waals surface area contributed by atoms with Crippen LogP contribution in [-0.4, -0.2) is 83.1 Å². The van der Waals surface area contributed by atoms with Gasteiger partial charge in [-0.3, -0.25) is 57.6 Å². The summed E-state index contributed by atoms with van der Waals surface area (Å²) in [5.74, 6) is -4.70. The topological polar surface area (TPSA) is 353 Å². The van der Waals surface area contributed by atoms with E-state index in [1.165, 1.54) is 90.4 Å². The Kier molecular flexibility index (Phi) is 15.4. The molecule has 0 saturated heterocycles. The fourth-order valence-corrected chi connectivity index (χ4v) is 8.62. The van der Waals surface area contributed by atoms with Crippen molar-refractivity contribution < 1.29 is 64.8 Å². The second kappa shape index (κ2) is 21.1. The van der Waals surface area contributed by atoms with Crippen molar-refractivity contribution in [1.82, 2.24) is 19.8 Å². The summed E-state index contributed by atoms with van der Waals surface area (Å²) in [4.78, 5) is 77.4. The molecule has 6 N–H and O–H groups in total. The van der Waals surface area contributed by atoms with Gasteiger partial charge in [0.2, 0.25) is 11.8 Å². The Bertz CT molecular complexity index is 3390. The highest BCUT2D eigenvalue weighted by molar-refractivity contribution is 7.86. The zero-order valence-electron chi connectivity index (χ0n) is 38.7. The van der Waals surface area contributed by atoms with Crippen molar-refractivity contribution in [3.8, 4) is 34.4 Å². The highest BCUT2D eigenvalue weighted by Gasteiger charge is 2.28. The molecule has 2 aromatic heterocycles. The molecule has 26 heteroatoms. The molecule has 374 valence electrons. The van der Waals surface area contributed by atoms with E-state index in [1.807, 2.05) is 0 Å². The molecule has 0 bridgehead atoms. The maximum absolute atomic E-state index is 13.4. The van der Waals surface area contributed by atoms with Gasteiger partial charge in [0.25, 0.3) is 55.0 Å². The molecular weight excluding hydrogens is 985 g/mol.